The van der Waals surface area contributed by atoms with E-state index in [1.54, 1.807) is 24.3 Å². The lowest BCUT2D eigenvalue weighted by Gasteiger charge is -2.27. The second-order valence-corrected chi connectivity index (χ2v) is 9.40. The van der Waals surface area contributed by atoms with E-state index in [1.165, 1.54) is 29.9 Å². The van der Waals surface area contributed by atoms with Gasteiger partial charge in [0.05, 0.1) is 32.1 Å². The molecule has 1 aliphatic rings. The number of anilines is 1. The molecule has 0 bridgehead atoms. The van der Waals surface area contributed by atoms with Crippen LogP contribution in [-0.2, 0) is 4.74 Å². The first-order valence-corrected chi connectivity index (χ1v) is 11.5. The number of carbonyl (C=O) groups excluding carboxylic acids is 1. The predicted molar refractivity (Wildman–Crippen MR) is 128 cm³/mol. The molecule has 168 valence electrons. The number of pyridine rings is 1. The van der Waals surface area contributed by atoms with Crippen LogP contribution in [0.15, 0.2) is 47.7 Å². The Morgan fingerprint density at radius 1 is 1.30 bits per heavy atom. The zero-order valence-electron chi connectivity index (χ0n) is 16.9. The summed E-state index contributed by atoms with van der Waals surface area (Å²) >= 11 is 13.8. The maximum atomic E-state index is 13.0. The number of H-pyrrole nitrogens is 1. The van der Waals surface area contributed by atoms with Gasteiger partial charge in [0.15, 0.2) is 0 Å². The van der Waals surface area contributed by atoms with Crippen molar-refractivity contribution >= 4 is 57.2 Å². The summed E-state index contributed by atoms with van der Waals surface area (Å²) in [5.41, 5.74) is 0.636. The van der Waals surface area contributed by atoms with Crippen molar-refractivity contribution in [2.24, 2.45) is 0 Å². The van der Waals surface area contributed by atoms with Crippen LogP contribution in [0.5, 0.6) is 5.75 Å². The average Bonchev–Trinajstić information content (AvgIpc) is 3.18. The first-order valence-electron chi connectivity index (χ1n) is 9.96. The van der Waals surface area contributed by atoms with E-state index < -0.39 is 5.91 Å². The molecule has 3 aromatic heterocycles. The van der Waals surface area contributed by atoms with Crippen LogP contribution in [0, 0.1) is 0 Å². The third kappa shape index (κ3) is 4.45. The van der Waals surface area contributed by atoms with Crippen LogP contribution in [0.2, 0.25) is 9.36 Å². The Balaban J connectivity index is 1.63. The zero-order valence-corrected chi connectivity index (χ0v) is 19.3. The maximum Gasteiger partial charge on any atom is 0.260 e. The second kappa shape index (κ2) is 9.11. The van der Waals surface area contributed by atoms with Gasteiger partial charge < -0.3 is 19.8 Å². The van der Waals surface area contributed by atoms with Crippen LogP contribution in [-0.4, -0.2) is 40.2 Å². The number of aromatic amines is 1. The van der Waals surface area contributed by atoms with Gasteiger partial charge in [0, 0.05) is 29.5 Å². The van der Waals surface area contributed by atoms with Crippen molar-refractivity contribution in [2.75, 3.05) is 18.5 Å². The Morgan fingerprint density at radius 2 is 2.15 bits per heavy atom. The van der Waals surface area contributed by atoms with Crippen LogP contribution in [0.4, 0.5) is 5.82 Å². The molecule has 11 heteroatoms. The molecule has 1 unspecified atom stereocenters. The smallest absolute Gasteiger partial charge is 0.260 e. The molecule has 0 radical (unpaired) electrons. The van der Waals surface area contributed by atoms with Crippen LogP contribution in [0.25, 0.3) is 21.3 Å². The van der Waals surface area contributed by atoms with E-state index in [0.29, 0.717) is 43.9 Å². The molecular weight excluding hydrogens is 487 g/mol. The molecule has 1 amide bonds. The molecule has 8 nitrogen and oxygen atoms in total. The predicted octanol–water partition coefficient (Wildman–Crippen LogP) is 4.77. The lowest BCUT2D eigenvalue weighted by Crippen LogP contribution is -2.33. The molecular formula is C22H16Cl2N4O4S. The third-order valence-electron chi connectivity index (χ3n) is 5.15. The van der Waals surface area contributed by atoms with Gasteiger partial charge in [0.2, 0.25) is 0 Å². The summed E-state index contributed by atoms with van der Waals surface area (Å²) < 4.78 is 12.1. The highest BCUT2D eigenvalue weighted by Crippen LogP contribution is 2.39. The summed E-state index contributed by atoms with van der Waals surface area (Å²) in [7, 11) is 0. The van der Waals surface area contributed by atoms with Crippen molar-refractivity contribution in [2.45, 2.75) is 12.5 Å². The highest BCUT2D eigenvalue weighted by molar-refractivity contribution is 7.19. The molecule has 1 fully saturated rings. The number of halogens is 2. The number of ether oxygens (including phenoxy) is 2. The highest BCUT2D eigenvalue weighted by Gasteiger charge is 2.24. The fourth-order valence-corrected chi connectivity index (χ4v) is 4.76. The first-order chi connectivity index (χ1) is 16.0. The number of nitrogens with zero attached hydrogens (tertiary/aromatic N) is 2. The van der Waals surface area contributed by atoms with Gasteiger partial charge in [0.25, 0.3) is 11.5 Å². The molecule has 33 heavy (non-hydrogen) atoms. The molecule has 2 N–H and O–H groups in total. The van der Waals surface area contributed by atoms with Crippen molar-refractivity contribution in [1.82, 2.24) is 15.0 Å². The van der Waals surface area contributed by atoms with Gasteiger partial charge in [-0.15, -0.1) is 11.3 Å². The monoisotopic (exact) mass is 502 g/mol. The van der Waals surface area contributed by atoms with Gasteiger partial charge in [-0.3, -0.25) is 9.59 Å². The standard InChI is InChI=1S/C22H16Cl2N4O4S/c23-14-8-15-13(7-12(14)21(29)28-18-3-5-25-10-26-18)20(32-9-11-4-6-31-11)19(22(30)27-15)16-1-2-17(24)33-16/h1-3,5,7-8,10-11H,4,6,9H2,(H,27,30)(H,25,26,28,29). The number of thiophene rings is 1. The summed E-state index contributed by atoms with van der Waals surface area (Å²) in [5, 5.41) is 3.39. The molecule has 1 aliphatic heterocycles. The first kappa shape index (κ1) is 21.8. The van der Waals surface area contributed by atoms with E-state index in [2.05, 4.69) is 20.3 Å². The van der Waals surface area contributed by atoms with Gasteiger partial charge in [0.1, 0.15) is 24.5 Å². The Bertz CT molecular complexity index is 1400. The number of rotatable bonds is 6. The van der Waals surface area contributed by atoms with Gasteiger partial charge in [-0.25, -0.2) is 9.97 Å². The topological polar surface area (TPSA) is 106 Å². The van der Waals surface area contributed by atoms with Crippen LogP contribution in [0.3, 0.4) is 0 Å². The van der Waals surface area contributed by atoms with E-state index in [0.717, 1.165) is 6.42 Å². The summed E-state index contributed by atoms with van der Waals surface area (Å²) in [6.45, 7) is 0.955. The van der Waals surface area contributed by atoms with E-state index in [9.17, 15) is 9.59 Å². The minimum Gasteiger partial charge on any atom is -0.489 e. The number of hydrogen-bond acceptors (Lipinski definition) is 7. The van der Waals surface area contributed by atoms with E-state index >= 15 is 0 Å². The number of hydrogen-bond donors (Lipinski definition) is 2. The number of benzene rings is 1. The highest BCUT2D eigenvalue weighted by atomic mass is 35.5. The maximum absolute atomic E-state index is 13.0. The molecule has 4 heterocycles. The largest absolute Gasteiger partial charge is 0.489 e. The van der Waals surface area contributed by atoms with Crippen molar-refractivity contribution in [3.63, 3.8) is 0 Å². The van der Waals surface area contributed by atoms with Crippen LogP contribution < -0.4 is 15.6 Å². The van der Waals surface area contributed by atoms with Gasteiger partial charge in [-0.05, 0) is 30.3 Å². The van der Waals surface area contributed by atoms with Crippen molar-refractivity contribution < 1.29 is 14.3 Å². The Kier molecular flexibility index (Phi) is 6.03. The lowest BCUT2D eigenvalue weighted by molar-refractivity contribution is -0.0718. The van der Waals surface area contributed by atoms with Gasteiger partial charge in [-0.2, -0.15) is 0 Å². The molecule has 0 spiro atoms. The average molecular weight is 503 g/mol. The summed E-state index contributed by atoms with van der Waals surface area (Å²) in [6.07, 6.45) is 3.67. The van der Waals surface area contributed by atoms with Gasteiger partial charge in [-0.1, -0.05) is 23.2 Å². The minimum atomic E-state index is -0.458. The number of aromatic nitrogens is 3. The fourth-order valence-electron chi connectivity index (χ4n) is 3.42. The number of fused-ring (bicyclic) bond motifs is 1. The number of carbonyl (C=O) groups is 1. The van der Waals surface area contributed by atoms with E-state index in [1.807, 2.05) is 0 Å². The lowest BCUT2D eigenvalue weighted by atomic mass is 10.1. The Labute approximate surface area is 201 Å². The van der Waals surface area contributed by atoms with Crippen molar-refractivity contribution in [3.05, 3.63) is 68.1 Å². The molecule has 4 aromatic rings. The van der Waals surface area contributed by atoms with Gasteiger partial charge >= 0.3 is 0 Å². The summed E-state index contributed by atoms with van der Waals surface area (Å²) in [5.74, 6) is 0.219. The van der Waals surface area contributed by atoms with Crippen LogP contribution >= 0.6 is 34.5 Å². The zero-order chi connectivity index (χ0) is 22.9. The summed E-state index contributed by atoms with van der Waals surface area (Å²) in [6, 6.07) is 8.17. The Morgan fingerprint density at radius 3 is 2.82 bits per heavy atom. The van der Waals surface area contributed by atoms with Crippen molar-refractivity contribution in [1.29, 1.82) is 0 Å². The molecule has 0 saturated carbocycles. The van der Waals surface area contributed by atoms with E-state index in [4.69, 9.17) is 32.7 Å². The van der Waals surface area contributed by atoms with Crippen molar-refractivity contribution in [3.8, 4) is 16.2 Å². The quantitative estimate of drug-likeness (QED) is 0.393. The van der Waals surface area contributed by atoms with E-state index in [-0.39, 0.29) is 28.9 Å². The normalized spacial score (nSPS) is 15.3. The second-order valence-electron chi connectivity index (χ2n) is 7.28. The molecule has 1 saturated heterocycles. The molecule has 1 atom stereocenters. The number of amides is 1. The molecule has 5 rings (SSSR count). The minimum absolute atomic E-state index is 0.0491. The third-order valence-corrected chi connectivity index (χ3v) is 6.71. The summed E-state index contributed by atoms with van der Waals surface area (Å²) in [4.78, 5) is 37.3. The SMILES string of the molecule is O=C(Nc1ccncn1)c1cc2c(OCC3CCO3)c(-c3ccc(Cl)s3)c(=O)[nH]c2cc1Cl. The number of nitrogens with one attached hydrogen (secondary N) is 2. The Hall–Kier alpha value is -2.98. The fraction of sp³-hybridized carbons (Fsp3) is 0.182. The molecule has 1 aromatic carbocycles. The van der Waals surface area contributed by atoms with Crippen LogP contribution in [0.1, 0.15) is 16.8 Å². The molecule has 0 aliphatic carbocycles.